The van der Waals surface area contributed by atoms with Crippen LogP contribution in [0.15, 0.2) is 30.8 Å². The Bertz CT molecular complexity index is 368. The van der Waals surface area contributed by atoms with E-state index in [0.29, 0.717) is 0 Å². The molecule has 1 rings (SSSR count). The van der Waals surface area contributed by atoms with Crippen molar-refractivity contribution < 1.29 is 9.47 Å². The SMILES string of the molecule is C=C(OCCCCC)c1ccc(OCCCCC)cc1. The van der Waals surface area contributed by atoms with Gasteiger partial charge in [-0.05, 0) is 37.1 Å². The normalized spacial score (nSPS) is 10.3. The highest BCUT2D eigenvalue weighted by atomic mass is 16.5. The van der Waals surface area contributed by atoms with E-state index in [1.165, 1.54) is 25.7 Å². The van der Waals surface area contributed by atoms with E-state index in [9.17, 15) is 0 Å². The minimum atomic E-state index is 0.749. The molecular formula is C18H28O2. The number of ether oxygens (including phenoxy) is 2. The molecule has 0 radical (unpaired) electrons. The molecule has 0 aliphatic heterocycles. The summed E-state index contributed by atoms with van der Waals surface area (Å²) in [5.74, 6) is 1.67. The second-order valence-corrected chi connectivity index (χ2v) is 5.06. The summed E-state index contributed by atoms with van der Waals surface area (Å²) in [4.78, 5) is 0. The van der Waals surface area contributed by atoms with Crippen LogP contribution >= 0.6 is 0 Å². The van der Waals surface area contributed by atoms with Crippen molar-refractivity contribution in [2.75, 3.05) is 13.2 Å². The van der Waals surface area contributed by atoms with Crippen molar-refractivity contribution in [3.63, 3.8) is 0 Å². The van der Waals surface area contributed by atoms with Gasteiger partial charge in [-0.1, -0.05) is 46.1 Å². The van der Waals surface area contributed by atoms with Crippen LogP contribution in [0.2, 0.25) is 0 Å². The molecule has 2 heteroatoms. The number of benzene rings is 1. The van der Waals surface area contributed by atoms with Crippen molar-refractivity contribution in [1.82, 2.24) is 0 Å². The van der Waals surface area contributed by atoms with Crippen LogP contribution in [0.1, 0.15) is 57.9 Å². The predicted molar refractivity (Wildman–Crippen MR) is 86.0 cm³/mol. The number of hydrogen-bond donors (Lipinski definition) is 0. The van der Waals surface area contributed by atoms with E-state index in [0.717, 1.165) is 43.1 Å². The lowest BCUT2D eigenvalue weighted by Crippen LogP contribution is -1.97. The highest BCUT2D eigenvalue weighted by Gasteiger charge is 2.01. The van der Waals surface area contributed by atoms with Crippen LogP contribution in [0.4, 0.5) is 0 Å². The number of hydrogen-bond acceptors (Lipinski definition) is 2. The monoisotopic (exact) mass is 276 g/mol. The fourth-order valence-corrected chi connectivity index (χ4v) is 1.91. The standard InChI is InChI=1S/C18H28O2/c1-4-6-8-14-19-16(3)17-10-12-18(13-11-17)20-15-9-7-5-2/h10-13H,3-9,14-15H2,1-2H3. The highest BCUT2D eigenvalue weighted by molar-refractivity contribution is 5.58. The third-order valence-electron chi connectivity index (χ3n) is 3.22. The fraction of sp³-hybridized carbons (Fsp3) is 0.556. The first-order valence-corrected chi connectivity index (χ1v) is 7.82. The van der Waals surface area contributed by atoms with Gasteiger partial charge < -0.3 is 9.47 Å². The first-order chi connectivity index (χ1) is 9.77. The molecule has 2 nitrogen and oxygen atoms in total. The molecule has 0 unspecified atom stereocenters. The molecule has 0 fully saturated rings. The maximum absolute atomic E-state index is 5.69. The minimum absolute atomic E-state index is 0.749. The third kappa shape index (κ3) is 6.65. The van der Waals surface area contributed by atoms with Gasteiger partial charge in [-0.3, -0.25) is 0 Å². The van der Waals surface area contributed by atoms with E-state index in [-0.39, 0.29) is 0 Å². The van der Waals surface area contributed by atoms with Crippen LogP contribution < -0.4 is 4.74 Å². The predicted octanol–water partition coefficient (Wildman–Crippen LogP) is 5.43. The zero-order valence-electron chi connectivity index (χ0n) is 13.0. The average molecular weight is 276 g/mol. The summed E-state index contributed by atoms with van der Waals surface area (Å²) >= 11 is 0. The molecule has 0 heterocycles. The van der Waals surface area contributed by atoms with Gasteiger partial charge in [0.1, 0.15) is 11.5 Å². The fourth-order valence-electron chi connectivity index (χ4n) is 1.91. The molecule has 0 saturated heterocycles. The molecule has 0 spiro atoms. The van der Waals surface area contributed by atoms with Gasteiger partial charge in [0, 0.05) is 5.56 Å². The van der Waals surface area contributed by atoms with Crippen molar-refractivity contribution >= 4 is 5.76 Å². The molecule has 1 aromatic rings. The topological polar surface area (TPSA) is 18.5 Å². The van der Waals surface area contributed by atoms with E-state index in [1.807, 2.05) is 24.3 Å². The Morgan fingerprint density at radius 3 is 2.10 bits per heavy atom. The van der Waals surface area contributed by atoms with Crippen molar-refractivity contribution in [3.8, 4) is 5.75 Å². The highest BCUT2D eigenvalue weighted by Crippen LogP contribution is 2.19. The van der Waals surface area contributed by atoms with Gasteiger partial charge in [0.25, 0.3) is 0 Å². The Morgan fingerprint density at radius 1 is 0.900 bits per heavy atom. The van der Waals surface area contributed by atoms with Gasteiger partial charge in [0.2, 0.25) is 0 Å². The summed E-state index contributed by atoms with van der Waals surface area (Å²) in [6, 6.07) is 8.00. The molecule has 0 atom stereocenters. The smallest absolute Gasteiger partial charge is 0.119 e. The van der Waals surface area contributed by atoms with Crippen LogP contribution in [0, 0.1) is 0 Å². The Labute approximate surface area is 123 Å². The van der Waals surface area contributed by atoms with Gasteiger partial charge >= 0.3 is 0 Å². The Balaban J connectivity index is 2.31. The van der Waals surface area contributed by atoms with Crippen LogP contribution in [0.3, 0.4) is 0 Å². The molecule has 0 N–H and O–H groups in total. The van der Waals surface area contributed by atoms with Gasteiger partial charge in [0.05, 0.1) is 13.2 Å². The Morgan fingerprint density at radius 2 is 1.50 bits per heavy atom. The quantitative estimate of drug-likeness (QED) is 0.396. The summed E-state index contributed by atoms with van der Waals surface area (Å²) in [5.41, 5.74) is 1.03. The molecule has 20 heavy (non-hydrogen) atoms. The lowest BCUT2D eigenvalue weighted by Gasteiger charge is -2.10. The molecular weight excluding hydrogens is 248 g/mol. The average Bonchev–Trinajstić information content (AvgIpc) is 2.48. The molecule has 0 amide bonds. The van der Waals surface area contributed by atoms with Crippen molar-refractivity contribution in [2.24, 2.45) is 0 Å². The second kappa shape index (κ2) is 10.4. The number of rotatable bonds is 11. The molecule has 0 saturated carbocycles. The van der Waals surface area contributed by atoms with Crippen LogP contribution in [-0.4, -0.2) is 13.2 Å². The van der Waals surface area contributed by atoms with Crippen molar-refractivity contribution in [2.45, 2.75) is 52.4 Å². The molecule has 1 aromatic carbocycles. The van der Waals surface area contributed by atoms with E-state index in [2.05, 4.69) is 20.4 Å². The van der Waals surface area contributed by atoms with E-state index >= 15 is 0 Å². The summed E-state index contributed by atoms with van der Waals surface area (Å²) in [5, 5.41) is 0. The zero-order valence-corrected chi connectivity index (χ0v) is 13.0. The molecule has 112 valence electrons. The largest absolute Gasteiger partial charge is 0.494 e. The first-order valence-electron chi connectivity index (χ1n) is 7.82. The minimum Gasteiger partial charge on any atom is -0.494 e. The summed E-state index contributed by atoms with van der Waals surface area (Å²) in [6.45, 7) is 9.90. The van der Waals surface area contributed by atoms with Crippen molar-refractivity contribution in [1.29, 1.82) is 0 Å². The third-order valence-corrected chi connectivity index (χ3v) is 3.22. The first kappa shape index (κ1) is 16.6. The van der Waals surface area contributed by atoms with Gasteiger partial charge in [-0.15, -0.1) is 0 Å². The number of unbranched alkanes of at least 4 members (excludes halogenated alkanes) is 4. The van der Waals surface area contributed by atoms with E-state index in [1.54, 1.807) is 0 Å². The molecule has 0 aliphatic carbocycles. The lowest BCUT2D eigenvalue weighted by molar-refractivity contribution is 0.268. The van der Waals surface area contributed by atoms with Gasteiger partial charge in [-0.2, -0.15) is 0 Å². The summed E-state index contributed by atoms with van der Waals surface area (Å²) in [7, 11) is 0. The maximum atomic E-state index is 5.69. The Kier molecular flexibility index (Phi) is 8.61. The van der Waals surface area contributed by atoms with E-state index in [4.69, 9.17) is 9.47 Å². The summed E-state index contributed by atoms with van der Waals surface area (Å²) < 4.78 is 11.3. The Hall–Kier alpha value is -1.44. The van der Waals surface area contributed by atoms with Crippen LogP contribution in [0.25, 0.3) is 5.76 Å². The maximum Gasteiger partial charge on any atom is 0.119 e. The van der Waals surface area contributed by atoms with Gasteiger partial charge in [0.15, 0.2) is 0 Å². The zero-order chi connectivity index (χ0) is 14.6. The van der Waals surface area contributed by atoms with Crippen LogP contribution in [0.5, 0.6) is 5.75 Å². The van der Waals surface area contributed by atoms with Crippen molar-refractivity contribution in [3.05, 3.63) is 36.4 Å². The molecule has 0 aliphatic rings. The molecule has 0 bridgehead atoms. The summed E-state index contributed by atoms with van der Waals surface area (Å²) in [6.07, 6.45) is 7.06. The second-order valence-electron chi connectivity index (χ2n) is 5.06. The lowest BCUT2D eigenvalue weighted by atomic mass is 10.2. The molecule has 0 aromatic heterocycles. The van der Waals surface area contributed by atoms with Gasteiger partial charge in [-0.25, -0.2) is 0 Å². The van der Waals surface area contributed by atoms with Crippen LogP contribution in [-0.2, 0) is 4.74 Å². The van der Waals surface area contributed by atoms with E-state index < -0.39 is 0 Å².